The Hall–Kier alpha value is -3.52. The summed E-state index contributed by atoms with van der Waals surface area (Å²) in [6, 6.07) is 28.9. The van der Waals surface area contributed by atoms with Gasteiger partial charge in [0.25, 0.3) is 0 Å². The second kappa shape index (κ2) is 9.32. The molecule has 0 atom stereocenters. The largest absolute Gasteiger partial charge is 0.398 e. The molecule has 0 aromatic heterocycles. The molecule has 4 N–H and O–H groups in total. The molecular weight excluding hydrogens is 364 g/mol. The van der Waals surface area contributed by atoms with E-state index in [0.29, 0.717) is 0 Å². The minimum atomic E-state index is 0.857. The van der Waals surface area contributed by atoms with Gasteiger partial charge in [-0.2, -0.15) is 0 Å². The molecule has 4 aromatic rings. The van der Waals surface area contributed by atoms with Gasteiger partial charge in [-0.15, -0.1) is 0 Å². The Morgan fingerprint density at radius 1 is 0.400 bits per heavy atom. The van der Waals surface area contributed by atoms with E-state index >= 15 is 0 Å². The smallest absolute Gasteiger partial charge is 0.0349 e. The van der Waals surface area contributed by atoms with Crippen LogP contribution in [-0.4, -0.2) is 0 Å². The first-order valence-electron chi connectivity index (χ1n) is 10.2. The van der Waals surface area contributed by atoms with Gasteiger partial charge in [0.2, 0.25) is 0 Å². The molecule has 0 amide bonds. The topological polar surface area (TPSA) is 52.0 Å². The minimum Gasteiger partial charge on any atom is -0.398 e. The summed E-state index contributed by atoms with van der Waals surface area (Å²) in [6.45, 7) is 8.38. The first kappa shape index (κ1) is 21.2. The molecular formula is C28H30N2. The van der Waals surface area contributed by atoms with Gasteiger partial charge in [-0.05, 0) is 84.3 Å². The summed E-state index contributed by atoms with van der Waals surface area (Å²) in [5.74, 6) is 0. The summed E-state index contributed by atoms with van der Waals surface area (Å²) in [5, 5.41) is 0. The molecule has 0 unspecified atom stereocenters. The van der Waals surface area contributed by atoms with Crippen LogP contribution in [0.2, 0.25) is 0 Å². The first-order valence-corrected chi connectivity index (χ1v) is 10.2. The van der Waals surface area contributed by atoms with Crippen LogP contribution in [-0.2, 0) is 0 Å². The molecule has 0 aliphatic heterocycles. The lowest BCUT2D eigenvalue weighted by Crippen LogP contribution is -1.92. The monoisotopic (exact) mass is 394 g/mol. The lowest BCUT2D eigenvalue weighted by Gasteiger charge is -2.10. The van der Waals surface area contributed by atoms with Crippen molar-refractivity contribution in [1.82, 2.24) is 0 Å². The van der Waals surface area contributed by atoms with Gasteiger partial charge >= 0.3 is 0 Å². The highest BCUT2D eigenvalue weighted by molar-refractivity contribution is 5.75. The lowest BCUT2D eigenvalue weighted by molar-refractivity contribution is 1.41. The van der Waals surface area contributed by atoms with Gasteiger partial charge in [0.05, 0.1) is 0 Å². The van der Waals surface area contributed by atoms with Gasteiger partial charge in [0.15, 0.2) is 0 Å². The van der Waals surface area contributed by atoms with E-state index < -0.39 is 0 Å². The van der Waals surface area contributed by atoms with Crippen molar-refractivity contribution in [1.29, 1.82) is 0 Å². The number of anilines is 2. The highest BCUT2D eigenvalue weighted by atomic mass is 14.6. The number of aryl methyl sites for hydroxylation is 2. The zero-order chi connectivity index (χ0) is 21.7. The van der Waals surface area contributed by atoms with Gasteiger partial charge in [0, 0.05) is 11.4 Å². The van der Waals surface area contributed by atoms with Crippen molar-refractivity contribution in [3.63, 3.8) is 0 Å². The molecule has 4 rings (SSSR count). The summed E-state index contributed by atoms with van der Waals surface area (Å²) in [5.41, 5.74) is 23.4. The van der Waals surface area contributed by atoms with E-state index in [9.17, 15) is 0 Å². The zero-order valence-electron chi connectivity index (χ0n) is 18.2. The molecule has 30 heavy (non-hydrogen) atoms. The molecule has 2 nitrogen and oxygen atoms in total. The Balaban J connectivity index is 0.000000171. The van der Waals surface area contributed by atoms with E-state index in [4.69, 9.17) is 11.5 Å². The van der Waals surface area contributed by atoms with Crippen LogP contribution in [0, 0.1) is 27.7 Å². The summed E-state index contributed by atoms with van der Waals surface area (Å²) < 4.78 is 0. The maximum Gasteiger partial charge on any atom is 0.0349 e. The van der Waals surface area contributed by atoms with Gasteiger partial charge in [-0.1, -0.05) is 72.8 Å². The Bertz CT molecular complexity index is 1070. The standard InChI is InChI=1S/2C14H15N/c2*1-10-6-3-4-7-12(10)13-8-5-9-14(15)11(13)2/h2*3-9H,15H2,1-2H3. The second-order valence-electron chi connectivity index (χ2n) is 7.67. The average Bonchev–Trinajstić information content (AvgIpc) is 2.74. The van der Waals surface area contributed by atoms with E-state index in [1.54, 1.807) is 0 Å². The van der Waals surface area contributed by atoms with Crippen LogP contribution in [0.25, 0.3) is 22.3 Å². The molecule has 2 heteroatoms. The van der Waals surface area contributed by atoms with Crippen LogP contribution < -0.4 is 11.5 Å². The molecule has 0 aliphatic rings. The maximum atomic E-state index is 5.91. The summed E-state index contributed by atoms with van der Waals surface area (Å²) >= 11 is 0. The van der Waals surface area contributed by atoms with Crippen molar-refractivity contribution in [3.8, 4) is 22.3 Å². The molecule has 0 heterocycles. The Labute approximate surface area is 180 Å². The fraction of sp³-hybridized carbons (Fsp3) is 0.143. The van der Waals surface area contributed by atoms with Crippen LogP contribution in [0.15, 0.2) is 84.9 Å². The quantitative estimate of drug-likeness (QED) is 0.356. The highest BCUT2D eigenvalue weighted by Gasteiger charge is 2.06. The third-order valence-electron chi connectivity index (χ3n) is 5.62. The van der Waals surface area contributed by atoms with Crippen molar-refractivity contribution < 1.29 is 0 Å². The summed E-state index contributed by atoms with van der Waals surface area (Å²) in [6.07, 6.45) is 0. The van der Waals surface area contributed by atoms with Crippen molar-refractivity contribution in [2.75, 3.05) is 11.5 Å². The SMILES string of the molecule is Cc1ccccc1-c1cccc(N)c1C.Cc1ccccc1-c1cccc(N)c1C. The molecule has 0 radical (unpaired) electrons. The van der Waals surface area contributed by atoms with E-state index in [1.165, 1.54) is 33.4 Å². The summed E-state index contributed by atoms with van der Waals surface area (Å²) in [7, 11) is 0. The van der Waals surface area contributed by atoms with Crippen LogP contribution in [0.3, 0.4) is 0 Å². The van der Waals surface area contributed by atoms with Crippen molar-refractivity contribution in [2.45, 2.75) is 27.7 Å². The molecule has 0 aliphatic carbocycles. The predicted octanol–water partition coefficient (Wildman–Crippen LogP) is 7.11. The third-order valence-corrected chi connectivity index (χ3v) is 5.62. The lowest BCUT2D eigenvalue weighted by atomic mass is 9.96. The van der Waals surface area contributed by atoms with Crippen molar-refractivity contribution in [2.24, 2.45) is 0 Å². The number of hydrogen-bond acceptors (Lipinski definition) is 2. The van der Waals surface area contributed by atoms with E-state index in [0.717, 1.165) is 22.5 Å². The molecule has 0 spiro atoms. The van der Waals surface area contributed by atoms with Crippen LogP contribution in [0.4, 0.5) is 11.4 Å². The minimum absolute atomic E-state index is 0.857. The number of nitrogen functional groups attached to an aromatic ring is 2. The predicted molar refractivity (Wildman–Crippen MR) is 132 cm³/mol. The van der Waals surface area contributed by atoms with Gasteiger partial charge in [0.1, 0.15) is 0 Å². The van der Waals surface area contributed by atoms with Crippen LogP contribution in [0.1, 0.15) is 22.3 Å². The summed E-state index contributed by atoms with van der Waals surface area (Å²) in [4.78, 5) is 0. The maximum absolute atomic E-state index is 5.91. The normalized spacial score (nSPS) is 10.3. The average molecular weight is 395 g/mol. The van der Waals surface area contributed by atoms with Crippen LogP contribution in [0.5, 0.6) is 0 Å². The first-order chi connectivity index (χ1) is 14.4. The Kier molecular flexibility index (Phi) is 6.58. The highest BCUT2D eigenvalue weighted by Crippen LogP contribution is 2.30. The van der Waals surface area contributed by atoms with Gasteiger partial charge in [-0.25, -0.2) is 0 Å². The van der Waals surface area contributed by atoms with E-state index in [1.807, 2.05) is 24.3 Å². The number of hydrogen-bond donors (Lipinski definition) is 2. The molecule has 0 saturated heterocycles. The van der Waals surface area contributed by atoms with Gasteiger partial charge < -0.3 is 11.5 Å². The van der Waals surface area contributed by atoms with E-state index in [-0.39, 0.29) is 0 Å². The fourth-order valence-corrected chi connectivity index (χ4v) is 3.64. The molecule has 0 fully saturated rings. The van der Waals surface area contributed by atoms with Crippen molar-refractivity contribution in [3.05, 3.63) is 107 Å². The van der Waals surface area contributed by atoms with E-state index in [2.05, 4.69) is 88.4 Å². The number of benzene rings is 4. The molecule has 0 bridgehead atoms. The second-order valence-corrected chi connectivity index (χ2v) is 7.67. The van der Waals surface area contributed by atoms with Crippen molar-refractivity contribution >= 4 is 11.4 Å². The molecule has 0 saturated carbocycles. The van der Waals surface area contributed by atoms with Crippen LogP contribution >= 0.6 is 0 Å². The molecule has 4 aromatic carbocycles. The molecule has 152 valence electrons. The van der Waals surface area contributed by atoms with Gasteiger partial charge in [-0.3, -0.25) is 0 Å². The Morgan fingerprint density at radius 3 is 1.10 bits per heavy atom. The third kappa shape index (κ3) is 4.55. The number of rotatable bonds is 2. The Morgan fingerprint density at radius 2 is 0.733 bits per heavy atom. The fourth-order valence-electron chi connectivity index (χ4n) is 3.64. The number of nitrogens with two attached hydrogens (primary N) is 2. The zero-order valence-corrected chi connectivity index (χ0v) is 18.2.